The summed E-state index contributed by atoms with van der Waals surface area (Å²) in [5, 5.41) is 3.60. The van der Waals surface area contributed by atoms with Gasteiger partial charge in [0.1, 0.15) is 5.75 Å². The van der Waals surface area contributed by atoms with E-state index in [1.165, 1.54) is 0 Å². The summed E-state index contributed by atoms with van der Waals surface area (Å²) in [6.45, 7) is 0. The number of hydrogen-bond donors (Lipinski definition) is 1. The second kappa shape index (κ2) is 7.49. The Labute approximate surface area is 145 Å². The molecule has 2 aromatic rings. The van der Waals surface area contributed by atoms with Gasteiger partial charge in [0, 0.05) is 23.4 Å². The van der Waals surface area contributed by atoms with Gasteiger partial charge in [-0.3, -0.25) is 9.59 Å². The highest BCUT2D eigenvalue weighted by Gasteiger charge is 2.32. The predicted octanol–water partition coefficient (Wildman–Crippen LogP) is 3.70. The minimum atomic E-state index is -0.317. The molecule has 0 spiro atoms. The normalized spacial score (nSPS) is 18.0. The van der Waals surface area contributed by atoms with E-state index in [0.29, 0.717) is 23.6 Å². The highest BCUT2D eigenvalue weighted by molar-refractivity contribution is 6.30. The summed E-state index contributed by atoms with van der Waals surface area (Å²) in [5.41, 5.74) is 0.969. The molecule has 2 aromatic carbocycles. The maximum absolute atomic E-state index is 12.3. The first-order chi connectivity index (χ1) is 11.6. The lowest BCUT2D eigenvalue weighted by atomic mass is 9.88. The van der Waals surface area contributed by atoms with Crippen LogP contribution in [0, 0.1) is 0 Å². The Balaban J connectivity index is 1.75. The molecule has 2 unspecified atom stereocenters. The van der Waals surface area contributed by atoms with E-state index in [-0.39, 0.29) is 30.3 Å². The molecular formula is C19H18ClNO3. The first-order valence-corrected chi connectivity index (χ1v) is 8.30. The number of benzene rings is 2. The van der Waals surface area contributed by atoms with Crippen LogP contribution in [0.4, 0.5) is 0 Å². The number of rotatable bonds is 5. The summed E-state index contributed by atoms with van der Waals surface area (Å²) in [6.07, 6.45) is 1.40. The van der Waals surface area contributed by atoms with Gasteiger partial charge in [-0.15, -0.1) is 0 Å². The van der Waals surface area contributed by atoms with E-state index in [9.17, 15) is 9.59 Å². The minimum Gasteiger partial charge on any atom is -0.427 e. The molecule has 0 aromatic heterocycles. The third-order valence-electron chi connectivity index (χ3n) is 4.17. The molecule has 3 rings (SSSR count). The van der Waals surface area contributed by atoms with E-state index in [4.69, 9.17) is 16.3 Å². The van der Waals surface area contributed by atoms with Gasteiger partial charge in [-0.25, -0.2) is 0 Å². The number of hydrogen-bond acceptors (Lipinski definition) is 3. The van der Waals surface area contributed by atoms with E-state index in [0.717, 1.165) is 5.56 Å². The van der Waals surface area contributed by atoms with Crippen molar-refractivity contribution in [3.05, 3.63) is 65.2 Å². The van der Waals surface area contributed by atoms with Crippen molar-refractivity contribution < 1.29 is 14.3 Å². The molecule has 1 saturated heterocycles. The molecule has 1 fully saturated rings. The number of esters is 1. The van der Waals surface area contributed by atoms with Gasteiger partial charge < -0.3 is 10.1 Å². The van der Waals surface area contributed by atoms with Crippen LogP contribution in [0.2, 0.25) is 5.02 Å². The Morgan fingerprint density at radius 1 is 1.17 bits per heavy atom. The van der Waals surface area contributed by atoms with Gasteiger partial charge in [0.25, 0.3) is 0 Å². The van der Waals surface area contributed by atoms with Crippen LogP contribution in [0.15, 0.2) is 54.6 Å². The number of carbonyl (C=O) groups is 2. The first-order valence-electron chi connectivity index (χ1n) is 7.92. The Kier molecular flexibility index (Phi) is 5.16. The molecule has 0 saturated carbocycles. The van der Waals surface area contributed by atoms with Crippen molar-refractivity contribution in [3.63, 3.8) is 0 Å². The number of halogens is 1. The van der Waals surface area contributed by atoms with Gasteiger partial charge in [0.05, 0.1) is 6.42 Å². The van der Waals surface area contributed by atoms with Gasteiger partial charge in [0.2, 0.25) is 5.91 Å². The Bertz CT molecular complexity index is 715. The lowest BCUT2D eigenvalue weighted by molar-refractivity contribution is -0.135. The standard InChI is InChI=1S/C19H18ClNO3/c20-14-8-6-13(7-9-14)16(17-10-11-18(22)21-17)12-19(23)24-15-4-2-1-3-5-15/h1-9,16-17H,10-12H2,(H,21,22). The fourth-order valence-electron chi connectivity index (χ4n) is 2.98. The Hall–Kier alpha value is -2.33. The van der Waals surface area contributed by atoms with Crippen LogP contribution in [-0.4, -0.2) is 17.9 Å². The summed E-state index contributed by atoms with van der Waals surface area (Å²) in [4.78, 5) is 23.9. The van der Waals surface area contributed by atoms with E-state index < -0.39 is 0 Å². The third kappa shape index (κ3) is 4.15. The summed E-state index contributed by atoms with van der Waals surface area (Å²) < 4.78 is 5.40. The van der Waals surface area contributed by atoms with E-state index in [2.05, 4.69) is 5.32 Å². The van der Waals surface area contributed by atoms with Crippen LogP contribution in [0.25, 0.3) is 0 Å². The number of nitrogens with one attached hydrogen (secondary N) is 1. The zero-order valence-electron chi connectivity index (χ0n) is 13.1. The molecule has 0 radical (unpaired) electrons. The fraction of sp³-hybridized carbons (Fsp3) is 0.263. The second-order valence-corrected chi connectivity index (χ2v) is 6.30. The topological polar surface area (TPSA) is 55.4 Å². The molecule has 1 amide bonds. The lowest BCUT2D eigenvalue weighted by Crippen LogP contribution is -2.33. The lowest BCUT2D eigenvalue weighted by Gasteiger charge is -2.23. The SMILES string of the molecule is O=C1CCC(C(CC(=O)Oc2ccccc2)c2ccc(Cl)cc2)N1. The molecule has 2 atom stereocenters. The van der Waals surface area contributed by atoms with Gasteiger partial charge in [0.15, 0.2) is 0 Å². The molecular weight excluding hydrogens is 326 g/mol. The summed E-state index contributed by atoms with van der Waals surface area (Å²) in [7, 11) is 0. The number of carbonyl (C=O) groups excluding carboxylic acids is 2. The van der Waals surface area contributed by atoms with Crippen LogP contribution in [0.5, 0.6) is 5.75 Å². The Morgan fingerprint density at radius 3 is 2.50 bits per heavy atom. The zero-order valence-corrected chi connectivity index (χ0v) is 13.8. The molecule has 4 nitrogen and oxygen atoms in total. The number of ether oxygens (including phenoxy) is 1. The zero-order chi connectivity index (χ0) is 16.9. The smallest absolute Gasteiger partial charge is 0.311 e. The predicted molar refractivity (Wildman–Crippen MR) is 92.1 cm³/mol. The molecule has 0 bridgehead atoms. The quantitative estimate of drug-likeness (QED) is 0.665. The van der Waals surface area contributed by atoms with Crippen LogP contribution < -0.4 is 10.1 Å². The highest BCUT2D eigenvalue weighted by Crippen LogP contribution is 2.30. The average Bonchev–Trinajstić information content (AvgIpc) is 3.01. The summed E-state index contributed by atoms with van der Waals surface area (Å²) >= 11 is 5.95. The largest absolute Gasteiger partial charge is 0.427 e. The van der Waals surface area contributed by atoms with Crippen LogP contribution in [0.3, 0.4) is 0 Å². The van der Waals surface area contributed by atoms with Gasteiger partial charge >= 0.3 is 5.97 Å². The van der Waals surface area contributed by atoms with Gasteiger partial charge in [-0.05, 0) is 36.2 Å². The van der Waals surface area contributed by atoms with Crippen LogP contribution >= 0.6 is 11.6 Å². The van der Waals surface area contributed by atoms with E-state index in [1.54, 1.807) is 24.3 Å². The molecule has 1 heterocycles. The van der Waals surface area contributed by atoms with Crippen LogP contribution in [-0.2, 0) is 9.59 Å². The van der Waals surface area contributed by atoms with Crippen molar-refractivity contribution in [2.75, 3.05) is 0 Å². The van der Waals surface area contributed by atoms with Crippen molar-refractivity contribution >= 4 is 23.5 Å². The second-order valence-electron chi connectivity index (χ2n) is 5.86. The maximum atomic E-state index is 12.3. The van der Waals surface area contributed by atoms with Crippen molar-refractivity contribution in [1.82, 2.24) is 5.32 Å². The first kappa shape index (κ1) is 16.5. The fourth-order valence-corrected chi connectivity index (χ4v) is 3.11. The minimum absolute atomic E-state index is 0.0235. The summed E-state index contributed by atoms with van der Waals surface area (Å²) in [6, 6.07) is 16.3. The molecule has 0 aliphatic carbocycles. The third-order valence-corrected chi connectivity index (χ3v) is 4.43. The Morgan fingerprint density at radius 2 is 1.88 bits per heavy atom. The number of amides is 1. The molecule has 5 heteroatoms. The van der Waals surface area contributed by atoms with Gasteiger partial charge in [-0.2, -0.15) is 0 Å². The average molecular weight is 344 g/mol. The maximum Gasteiger partial charge on any atom is 0.311 e. The van der Waals surface area contributed by atoms with Gasteiger partial charge in [-0.1, -0.05) is 41.9 Å². The van der Waals surface area contributed by atoms with E-state index in [1.807, 2.05) is 30.3 Å². The monoisotopic (exact) mass is 343 g/mol. The molecule has 1 aliphatic heterocycles. The molecule has 24 heavy (non-hydrogen) atoms. The van der Waals surface area contributed by atoms with Crippen molar-refractivity contribution in [1.29, 1.82) is 0 Å². The summed E-state index contributed by atoms with van der Waals surface area (Å²) in [5.74, 6) is 0.0930. The molecule has 124 valence electrons. The van der Waals surface area contributed by atoms with Crippen molar-refractivity contribution in [2.45, 2.75) is 31.2 Å². The highest BCUT2D eigenvalue weighted by atomic mass is 35.5. The van der Waals surface area contributed by atoms with Crippen molar-refractivity contribution in [2.24, 2.45) is 0 Å². The van der Waals surface area contributed by atoms with Crippen LogP contribution in [0.1, 0.15) is 30.7 Å². The number of para-hydroxylation sites is 1. The molecule has 1 aliphatic rings. The van der Waals surface area contributed by atoms with Crippen molar-refractivity contribution in [3.8, 4) is 5.75 Å². The molecule has 1 N–H and O–H groups in total. The van der Waals surface area contributed by atoms with E-state index >= 15 is 0 Å².